The summed E-state index contributed by atoms with van der Waals surface area (Å²) in [6.07, 6.45) is 0. The van der Waals surface area contributed by atoms with Gasteiger partial charge in [-0.05, 0) is 24.3 Å². The van der Waals surface area contributed by atoms with Gasteiger partial charge < -0.3 is 15.5 Å². The monoisotopic (exact) mass is 361 g/mol. The Hall–Kier alpha value is -1.21. The number of rotatable bonds is 0. The summed E-state index contributed by atoms with van der Waals surface area (Å²) in [5, 5.41) is 6.65. The zero-order valence-corrected chi connectivity index (χ0v) is 15.2. The number of nitrogens with one attached hydrogen (secondary N) is 2. The molecule has 2 aromatic carbocycles. The molecule has 2 aliphatic heterocycles. The first-order valence-electron chi connectivity index (χ1n) is 7.55. The number of anilines is 2. The molecule has 0 aliphatic carbocycles. The van der Waals surface area contributed by atoms with Gasteiger partial charge in [-0.15, -0.1) is 12.6 Å². The molecule has 0 radical (unpaired) electrons. The summed E-state index contributed by atoms with van der Waals surface area (Å²) < 4.78 is 0.719. The van der Waals surface area contributed by atoms with E-state index in [4.69, 9.17) is 12.2 Å². The Morgan fingerprint density at radius 1 is 0.957 bits per heavy atom. The number of piperazine rings is 1. The topological polar surface area (TPSA) is 27.3 Å². The fourth-order valence-corrected chi connectivity index (χ4v) is 3.81. The molecule has 2 N–H and O–H groups in total. The summed E-state index contributed by atoms with van der Waals surface area (Å²) >= 11 is 10.8. The summed E-state index contributed by atoms with van der Waals surface area (Å²) in [7, 11) is 0. The van der Waals surface area contributed by atoms with Crippen molar-refractivity contribution >= 4 is 52.3 Å². The Kier molecular flexibility index (Phi) is 5.83. The van der Waals surface area contributed by atoms with Crippen LogP contribution in [-0.2, 0) is 0 Å². The second kappa shape index (κ2) is 8.06. The average molecular weight is 362 g/mol. The molecule has 3 nitrogen and oxygen atoms in total. The minimum atomic E-state index is 0.719. The predicted octanol–water partition coefficient (Wildman–Crippen LogP) is 4.00. The lowest BCUT2D eigenvalue weighted by Gasteiger charge is -2.27. The van der Waals surface area contributed by atoms with Crippen molar-refractivity contribution < 1.29 is 0 Å². The molecular weight excluding hydrogens is 342 g/mol. The van der Waals surface area contributed by atoms with Gasteiger partial charge in [0.25, 0.3) is 0 Å². The van der Waals surface area contributed by atoms with E-state index in [-0.39, 0.29) is 0 Å². The van der Waals surface area contributed by atoms with Crippen molar-refractivity contribution in [2.75, 3.05) is 31.5 Å². The third-order valence-electron chi connectivity index (χ3n) is 3.65. The van der Waals surface area contributed by atoms with Gasteiger partial charge in [-0.3, -0.25) is 0 Å². The lowest BCUT2D eigenvalue weighted by molar-refractivity contribution is 0.368. The van der Waals surface area contributed by atoms with Crippen LogP contribution < -0.4 is 10.6 Å². The van der Waals surface area contributed by atoms with Gasteiger partial charge in [-0.25, -0.2) is 0 Å². The summed E-state index contributed by atoms with van der Waals surface area (Å²) in [4.78, 5) is 4.69. The maximum Gasteiger partial charge on any atom is 0.133 e. The molecule has 2 aliphatic rings. The van der Waals surface area contributed by atoms with Crippen LogP contribution in [0.4, 0.5) is 11.4 Å². The molecule has 4 rings (SSSR count). The SMILES string of the molecule is S=C(S)N1CCNCC1.c1ccc2c(c1)Nc1ccccc1S2. The van der Waals surface area contributed by atoms with E-state index in [9.17, 15) is 0 Å². The van der Waals surface area contributed by atoms with Crippen LogP contribution in [0.3, 0.4) is 0 Å². The zero-order chi connectivity index (χ0) is 16.1. The molecule has 0 unspecified atom stereocenters. The van der Waals surface area contributed by atoms with Crippen LogP contribution in [0.25, 0.3) is 0 Å². The maximum absolute atomic E-state index is 4.88. The maximum atomic E-state index is 4.88. The van der Waals surface area contributed by atoms with Crippen LogP contribution in [0.1, 0.15) is 0 Å². The molecule has 0 aromatic heterocycles. The second-order valence-corrected chi connectivity index (χ2v) is 7.44. The highest BCUT2D eigenvalue weighted by molar-refractivity contribution is 8.10. The fourth-order valence-electron chi connectivity index (χ4n) is 2.44. The van der Waals surface area contributed by atoms with Crippen molar-refractivity contribution in [3.8, 4) is 0 Å². The van der Waals surface area contributed by atoms with Crippen molar-refractivity contribution in [1.29, 1.82) is 0 Å². The van der Waals surface area contributed by atoms with Gasteiger partial charge in [-0.2, -0.15) is 0 Å². The highest BCUT2D eigenvalue weighted by Crippen LogP contribution is 2.43. The Bertz CT molecular complexity index is 597. The van der Waals surface area contributed by atoms with Gasteiger partial charge in [0, 0.05) is 36.0 Å². The Morgan fingerprint density at radius 2 is 1.48 bits per heavy atom. The Labute approximate surface area is 152 Å². The standard InChI is InChI=1S/C12H9NS.C5H10N2S2/c1-3-7-11-9(5-1)13-10-6-2-4-8-12(10)14-11;8-5(9)7-3-1-6-2-4-7/h1-8,13H;6H,1-4H2,(H,8,9). The molecule has 23 heavy (non-hydrogen) atoms. The zero-order valence-electron chi connectivity index (χ0n) is 12.7. The fraction of sp³-hybridized carbons (Fsp3) is 0.235. The van der Waals surface area contributed by atoms with E-state index in [0.717, 1.165) is 30.5 Å². The number of hydrogen-bond donors (Lipinski definition) is 3. The van der Waals surface area contributed by atoms with E-state index in [2.05, 4.69) is 76.7 Å². The number of hydrogen-bond acceptors (Lipinski definition) is 4. The van der Waals surface area contributed by atoms with Crippen LogP contribution in [0.15, 0.2) is 58.3 Å². The van der Waals surface area contributed by atoms with Crippen LogP contribution in [0.5, 0.6) is 0 Å². The largest absolute Gasteiger partial charge is 0.355 e. The van der Waals surface area contributed by atoms with Crippen molar-refractivity contribution in [2.45, 2.75) is 9.79 Å². The quantitative estimate of drug-likeness (QED) is 0.416. The lowest BCUT2D eigenvalue weighted by atomic mass is 10.2. The summed E-state index contributed by atoms with van der Waals surface area (Å²) in [6, 6.07) is 16.8. The van der Waals surface area contributed by atoms with E-state index in [1.54, 1.807) is 0 Å². The number of para-hydroxylation sites is 2. The van der Waals surface area contributed by atoms with E-state index in [1.165, 1.54) is 21.2 Å². The Morgan fingerprint density at radius 3 is 1.96 bits per heavy atom. The molecule has 6 heteroatoms. The van der Waals surface area contributed by atoms with Gasteiger partial charge >= 0.3 is 0 Å². The first-order valence-corrected chi connectivity index (χ1v) is 9.23. The number of nitrogens with zero attached hydrogens (tertiary/aromatic N) is 1. The number of thiocarbonyl (C=S) groups is 1. The number of thiol groups is 1. The van der Waals surface area contributed by atoms with Gasteiger partial charge in [0.2, 0.25) is 0 Å². The van der Waals surface area contributed by atoms with Crippen LogP contribution >= 0.6 is 36.6 Å². The van der Waals surface area contributed by atoms with E-state index >= 15 is 0 Å². The molecule has 0 atom stereocenters. The minimum Gasteiger partial charge on any atom is -0.355 e. The van der Waals surface area contributed by atoms with Gasteiger partial charge in [0.1, 0.15) is 4.32 Å². The van der Waals surface area contributed by atoms with Gasteiger partial charge in [0.05, 0.1) is 11.4 Å². The van der Waals surface area contributed by atoms with Crippen molar-refractivity contribution in [2.24, 2.45) is 0 Å². The highest BCUT2D eigenvalue weighted by atomic mass is 32.2. The summed E-state index contributed by atoms with van der Waals surface area (Å²) in [5.74, 6) is 0. The van der Waals surface area contributed by atoms with Crippen LogP contribution in [-0.4, -0.2) is 35.4 Å². The normalized spacial score (nSPS) is 15.4. The average Bonchev–Trinajstić information content (AvgIpc) is 2.61. The van der Waals surface area contributed by atoms with Crippen molar-refractivity contribution in [3.05, 3.63) is 48.5 Å². The van der Waals surface area contributed by atoms with E-state index in [1.807, 2.05) is 11.8 Å². The smallest absolute Gasteiger partial charge is 0.133 e. The summed E-state index contributed by atoms with van der Waals surface area (Å²) in [5.41, 5.74) is 2.41. The van der Waals surface area contributed by atoms with Crippen molar-refractivity contribution in [1.82, 2.24) is 10.2 Å². The van der Waals surface area contributed by atoms with Gasteiger partial charge in [0.15, 0.2) is 0 Å². The third kappa shape index (κ3) is 4.41. The minimum absolute atomic E-state index is 0.719. The highest BCUT2D eigenvalue weighted by Gasteiger charge is 2.13. The van der Waals surface area contributed by atoms with Crippen LogP contribution in [0, 0.1) is 0 Å². The van der Waals surface area contributed by atoms with Crippen molar-refractivity contribution in [3.63, 3.8) is 0 Å². The molecule has 1 fully saturated rings. The van der Waals surface area contributed by atoms with E-state index < -0.39 is 0 Å². The second-order valence-electron chi connectivity index (χ2n) is 5.24. The summed E-state index contributed by atoms with van der Waals surface area (Å²) in [6.45, 7) is 4.06. The first-order chi connectivity index (χ1) is 11.2. The number of benzene rings is 2. The molecule has 2 aromatic rings. The molecule has 0 spiro atoms. The molecule has 0 saturated carbocycles. The Balaban J connectivity index is 0.000000151. The lowest BCUT2D eigenvalue weighted by Crippen LogP contribution is -2.44. The molecular formula is C17H19N3S3. The molecule has 120 valence electrons. The van der Waals surface area contributed by atoms with Gasteiger partial charge in [-0.1, -0.05) is 48.2 Å². The number of fused-ring (bicyclic) bond motifs is 2. The van der Waals surface area contributed by atoms with E-state index in [0.29, 0.717) is 0 Å². The van der Waals surface area contributed by atoms with Crippen LogP contribution in [0.2, 0.25) is 0 Å². The third-order valence-corrected chi connectivity index (χ3v) is 5.34. The first kappa shape index (κ1) is 16.6. The molecule has 0 bridgehead atoms. The molecule has 1 saturated heterocycles. The predicted molar refractivity (Wildman–Crippen MR) is 106 cm³/mol. The molecule has 2 heterocycles. The molecule has 0 amide bonds.